The van der Waals surface area contributed by atoms with Gasteiger partial charge in [0.25, 0.3) is 0 Å². The highest BCUT2D eigenvalue weighted by molar-refractivity contribution is 5.73. The van der Waals surface area contributed by atoms with Crippen LogP contribution in [0.1, 0.15) is 5.56 Å². The number of methoxy groups -OCH3 is 1. The average molecular weight is 320 g/mol. The van der Waals surface area contributed by atoms with E-state index in [1.165, 1.54) is 0 Å². The Labute approximate surface area is 138 Å². The second kappa shape index (κ2) is 6.08. The first kappa shape index (κ1) is 14.3. The molecule has 0 fully saturated rings. The topological polar surface area (TPSA) is 64.6 Å². The van der Waals surface area contributed by atoms with Crippen LogP contribution in [-0.4, -0.2) is 21.5 Å². The first-order valence-corrected chi connectivity index (χ1v) is 7.58. The number of anilines is 1. The summed E-state index contributed by atoms with van der Waals surface area (Å²) in [6, 6.07) is 11.7. The van der Waals surface area contributed by atoms with Gasteiger partial charge in [0.2, 0.25) is 0 Å². The van der Waals surface area contributed by atoms with Crippen LogP contribution >= 0.6 is 0 Å². The molecule has 6 nitrogen and oxygen atoms in total. The summed E-state index contributed by atoms with van der Waals surface area (Å²) in [5.74, 6) is 2.42. The second-order valence-electron chi connectivity index (χ2n) is 5.30. The van der Waals surface area contributed by atoms with Gasteiger partial charge >= 0.3 is 0 Å². The summed E-state index contributed by atoms with van der Waals surface area (Å²) in [7, 11) is 1.67. The third-order valence-corrected chi connectivity index (χ3v) is 3.78. The van der Waals surface area contributed by atoms with Crippen LogP contribution < -0.4 is 10.1 Å². The molecule has 0 aliphatic carbocycles. The highest BCUT2D eigenvalue weighted by atomic mass is 16.5. The highest BCUT2D eigenvalue weighted by Crippen LogP contribution is 2.29. The van der Waals surface area contributed by atoms with Gasteiger partial charge in [0.05, 0.1) is 19.6 Å². The smallest absolute Gasteiger partial charge is 0.157 e. The predicted molar refractivity (Wildman–Crippen MR) is 91.0 cm³/mol. The number of benzene rings is 1. The lowest BCUT2D eigenvalue weighted by atomic mass is 10.2. The van der Waals surface area contributed by atoms with Crippen molar-refractivity contribution in [3.05, 3.63) is 66.8 Å². The normalized spacial score (nSPS) is 10.9. The quantitative estimate of drug-likeness (QED) is 0.608. The van der Waals surface area contributed by atoms with E-state index in [2.05, 4.69) is 15.3 Å². The molecule has 3 heterocycles. The number of ether oxygens (including phenoxy) is 1. The number of nitrogens with one attached hydrogen (secondary N) is 1. The van der Waals surface area contributed by atoms with Gasteiger partial charge in [0.15, 0.2) is 11.4 Å². The van der Waals surface area contributed by atoms with E-state index < -0.39 is 0 Å². The molecule has 3 aromatic heterocycles. The van der Waals surface area contributed by atoms with E-state index in [1.807, 2.05) is 47.0 Å². The zero-order valence-corrected chi connectivity index (χ0v) is 13.1. The summed E-state index contributed by atoms with van der Waals surface area (Å²) in [5, 5.41) is 3.45. The van der Waals surface area contributed by atoms with Crippen molar-refractivity contribution < 1.29 is 9.15 Å². The average Bonchev–Trinajstić information content (AvgIpc) is 3.27. The van der Waals surface area contributed by atoms with Gasteiger partial charge in [-0.25, -0.2) is 4.98 Å². The van der Waals surface area contributed by atoms with Crippen LogP contribution in [0.3, 0.4) is 0 Å². The number of fused-ring (bicyclic) bond motifs is 1. The van der Waals surface area contributed by atoms with E-state index in [9.17, 15) is 0 Å². The molecule has 0 saturated carbocycles. The Morgan fingerprint density at radius 1 is 1.25 bits per heavy atom. The van der Waals surface area contributed by atoms with Crippen LogP contribution in [0.25, 0.3) is 17.1 Å². The zero-order chi connectivity index (χ0) is 16.4. The number of nitrogens with zero attached hydrogens (tertiary/aromatic N) is 3. The third-order valence-electron chi connectivity index (χ3n) is 3.78. The van der Waals surface area contributed by atoms with Crippen molar-refractivity contribution in [2.24, 2.45) is 0 Å². The van der Waals surface area contributed by atoms with Crippen molar-refractivity contribution in [1.29, 1.82) is 0 Å². The van der Waals surface area contributed by atoms with Crippen LogP contribution in [0.2, 0.25) is 0 Å². The molecule has 0 aliphatic rings. The zero-order valence-electron chi connectivity index (χ0n) is 13.1. The summed E-state index contributed by atoms with van der Waals surface area (Å²) in [4.78, 5) is 8.75. The number of imidazole rings is 1. The third kappa shape index (κ3) is 2.58. The van der Waals surface area contributed by atoms with Gasteiger partial charge in [0.1, 0.15) is 17.3 Å². The van der Waals surface area contributed by atoms with Crippen molar-refractivity contribution in [2.75, 3.05) is 12.4 Å². The Bertz CT molecular complexity index is 960. The van der Waals surface area contributed by atoms with Crippen molar-refractivity contribution in [3.8, 4) is 17.2 Å². The standard InChI is InChI=1S/C18H16N4O2/c1-23-14-5-2-4-13(10-14)11-20-18-17(15-6-3-9-24-15)21-16-12-19-7-8-22(16)18/h2-10,12,20H,11H2,1H3. The number of rotatable bonds is 5. The van der Waals surface area contributed by atoms with Gasteiger partial charge in [-0.2, -0.15) is 0 Å². The predicted octanol–water partition coefficient (Wildman–Crippen LogP) is 3.61. The lowest BCUT2D eigenvalue weighted by molar-refractivity contribution is 0.414. The summed E-state index contributed by atoms with van der Waals surface area (Å²) in [6.07, 6.45) is 6.98. The Hall–Kier alpha value is -3.28. The number of furan rings is 1. The van der Waals surface area contributed by atoms with E-state index in [1.54, 1.807) is 25.8 Å². The Morgan fingerprint density at radius 2 is 2.21 bits per heavy atom. The molecule has 0 unspecified atom stereocenters. The van der Waals surface area contributed by atoms with Crippen molar-refractivity contribution in [1.82, 2.24) is 14.4 Å². The maximum atomic E-state index is 5.52. The highest BCUT2D eigenvalue weighted by Gasteiger charge is 2.16. The molecule has 6 heteroatoms. The lowest BCUT2D eigenvalue weighted by Gasteiger charge is -2.09. The van der Waals surface area contributed by atoms with E-state index >= 15 is 0 Å². The molecular formula is C18H16N4O2. The van der Waals surface area contributed by atoms with Crippen LogP contribution in [-0.2, 0) is 6.54 Å². The molecular weight excluding hydrogens is 304 g/mol. The Balaban J connectivity index is 1.71. The van der Waals surface area contributed by atoms with Crippen molar-refractivity contribution >= 4 is 11.5 Å². The molecule has 4 aromatic rings. The van der Waals surface area contributed by atoms with E-state index in [0.29, 0.717) is 12.3 Å². The first-order chi connectivity index (χ1) is 11.8. The lowest BCUT2D eigenvalue weighted by Crippen LogP contribution is -2.03. The SMILES string of the molecule is COc1cccc(CNc2c(-c3ccco3)nc3cnccn23)c1. The maximum absolute atomic E-state index is 5.52. The second-order valence-corrected chi connectivity index (χ2v) is 5.30. The fourth-order valence-electron chi connectivity index (χ4n) is 2.63. The van der Waals surface area contributed by atoms with Gasteiger partial charge in [-0.05, 0) is 29.8 Å². The molecule has 120 valence electrons. The molecule has 0 spiro atoms. The summed E-state index contributed by atoms with van der Waals surface area (Å²) in [6.45, 7) is 0.640. The molecule has 1 N–H and O–H groups in total. The molecule has 1 aromatic carbocycles. The molecule has 0 saturated heterocycles. The van der Waals surface area contributed by atoms with E-state index in [0.717, 1.165) is 28.5 Å². The Kier molecular flexibility index (Phi) is 3.63. The minimum absolute atomic E-state index is 0.640. The van der Waals surface area contributed by atoms with E-state index in [4.69, 9.17) is 9.15 Å². The monoisotopic (exact) mass is 320 g/mol. The molecule has 0 bridgehead atoms. The van der Waals surface area contributed by atoms with Crippen molar-refractivity contribution in [2.45, 2.75) is 6.54 Å². The molecule has 4 rings (SSSR count). The van der Waals surface area contributed by atoms with Crippen LogP contribution in [0, 0.1) is 0 Å². The summed E-state index contributed by atoms with van der Waals surface area (Å²) in [5.41, 5.74) is 2.64. The summed E-state index contributed by atoms with van der Waals surface area (Å²) >= 11 is 0. The van der Waals surface area contributed by atoms with Gasteiger partial charge in [-0.3, -0.25) is 9.38 Å². The van der Waals surface area contributed by atoms with Crippen molar-refractivity contribution in [3.63, 3.8) is 0 Å². The van der Waals surface area contributed by atoms with E-state index in [-0.39, 0.29) is 0 Å². The molecule has 0 amide bonds. The number of hydrogen-bond donors (Lipinski definition) is 1. The van der Waals surface area contributed by atoms with Crippen LogP contribution in [0.5, 0.6) is 5.75 Å². The number of hydrogen-bond acceptors (Lipinski definition) is 5. The largest absolute Gasteiger partial charge is 0.497 e. The fourth-order valence-corrected chi connectivity index (χ4v) is 2.63. The molecule has 0 aliphatic heterocycles. The van der Waals surface area contributed by atoms with Crippen LogP contribution in [0.4, 0.5) is 5.82 Å². The minimum atomic E-state index is 0.640. The Morgan fingerprint density at radius 3 is 3.04 bits per heavy atom. The summed E-state index contributed by atoms with van der Waals surface area (Å²) < 4.78 is 12.8. The van der Waals surface area contributed by atoms with Gasteiger partial charge in [-0.15, -0.1) is 0 Å². The number of aromatic nitrogens is 3. The van der Waals surface area contributed by atoms with Gasteiger partial charge < -0.3 is 14.5 Å². The van der Waals surface area contributed by atoms with Crippen LogP contribution in [0.15, 0.2) is 65.7 Å². The fraction of sp³-hybridized carbons (Fsp3) is 0.111. The maximum Gasteiger partial charge on any atom is 0.157 e. The first-order valence-electron chi connectivity index (χ1n) is 7.58. The minimum Gasteiger partial charge on any atom is -0.497 e. The van der Waals surface area contributed by atoms with Gasteiger partial charge in [0, 0.05) is 18.9 Å². The van der Waals surface area contributed by atoms with Gasteiger partial charge in [-0.1, -0.05) is 12.1 Å². The molecule has 0 radical (unpaired) electrons. The molecule has 0 atom stereocenters. The molecule has 24 heavy (non-hydrogen) atoms.